The summed E-state index contributed by atoms with van der Waals surface area (Å²) in [5, 5.41) is 3.27. The molecule has 0 aliphatic heterocycles. The van der Waals surface area contributed by atoms with Gasteiger partial charge in [-0.3, -0.25) is 4.79 Å². The summed E-state index contributed by atoms with van der Waals surface area (Å²) in [4.78, 5) is 27.1. The van der Waals surface area contributed by atoms with Gasteiger partial charge in [0.2, 0.25) is 5.91 Å². The van der Waals surface area contributed by atoms with Gasteiger partial charge in [-0.05, 0) is 44.5 Å². The van der Waals surface area contributed by atoms with Crippen LogP contribution in [0.15, 0.2) is 48.5 Å². The Balaban J connectivity index is 2.20. The zero-order chi connectivity index (χ0) is 22.3. The van der Waals surface area contributed by atoms with Crippen LogP contribution in [-0.4, -0.2) is 42.7 Å². The van der Waals surface area contributed by atoms with Crippen molar-refractivity contribution in [1.82, 2.24) is 10.2 Å². The van der Waals surface area contributed by atoms with E-state index in [2.05, 4.69) is 5.32 Å². The quantitative estimate of drug-likeness (QED) is 0.702. The number of carbonyl (C=O) groups excluding carboxylic acids is 2. The van der Waals surface area contributed by atoms with Gasteiger partial charge in [0, 0.05) is 30.6 Å². The number of benzene rings is 2. The first kappa shape index (κ1) is 23.5. The van der Waals surface area contributed by atoms with Gasteiger partial charge in [-0.2, -0.15) is 0 Å². The van der Waals surface area contributed by atoms with Crippen molar-refractivity contribution in [1.29, 1.82) is 0 Å². The first-order valence-corrected chi connectivity index (χ1v) is 10.1. The van der Waals surface area contributed by atoms with E-state index in [0.29, 0.717) is 17.2 Å². The van der Waals surface area contributed by atoms with Gasteiger partial charge in [0.25, 0.3) is 0 Å². The number of carbonyl (C=O) groups is 2. The molecule has 2 aromatic carbocycles. The van der Waals surface area contributed by atoms with E-state index in [0.717, 1.165) is 11.1 Å². The molecule has 1 atom stereocenters. The minimum atomic E-state index is -0.780. The molecule has 0 spiro atoms. The van der Waals surface area contributed by atoms with Crippen molar-refractivity contribution in [2.75, 3.05) is 14.2 Å². The molecule has 1 unspecified atom stereocenters. The molecular formula is C23H29ClN2O4. The van der Waals surface area contributed by atoms with Crippen LogP contribution < -0.4 is 10.1 Å². The Morgan fingerprint density at radius 2 is 1.80 bits per heavy atom. The highest BCUT2D eigenvalue weighted by Crippen LogP contribution is 2.24. The number of ether oxygens (including phenoxy) is 2. The van der Waals surface area contributed by atoms with Crippen LogP contribution in [0.1, 0.15) is 31.9 Å². The third-order valence-electron chi connectivity index (χ3n) is 4.30. The first-order valence-electron chi connectivity index (χ1n) is 9.70. The number of halogens is 1. The van der Waals surface area contributed by atoms with Crippen molar-refractivity contribution in [3.05, 3.63) is 64.7 Å². The lowest BCUT2D eigenvalue weighted by molar-refractivity contribution is -0.132. The van der Waals surface area contributed by atoms with E-state index < -0.39 is 17.7 Å². The van der Waals surface area contributed by atoms with Crippen molar-refractivity contribution in [2.24, 2.45) is 0 Å². The van der Waals surface area contributed by atoms with Gasteiger partial charge in [0.15, 0.2) is 0 Å². The van der Waals surface area contributed by atoms with Crippen LogP contribution in [0.3, 0.4) is 0 Å². The SMILES string of the molecule is COc1ccc(Cl)cc1CN(C)C(=O)C(Cc1ccccc1)NC(=O)OC(C)(C)C. The number of alkyl carbamates (subject to hydrolysis) is 1. The molecule has 0 aliphatic carbocycles. The van der Waals surface area contributed by atoms with Crippen LogP contribution in [0, 0.1) is 0 Å². The number of rotatable bonds is 7. The zero-order valence-electron chi connectivity index (χ0n) is 18.1. The minimum Gasteiger partial charge on any atom is -0.496 e. The smallest absolute Gasteiger partial charge is 0.408 e. The van der Waals surface area contributed by atoms with Gasteiger partial charge in [-0.25, -0.2) is 4.79 Å². The largest absolute Gasteiger partial charge is 0.496 e. The average Bonchev–Trinajstić information content (AvgIpc) is 2.66. The fraction of sp³-hybridized carbons (Fsp3) is 0.391. The summed E-state index contributed by atoms with van der Waals surface area (Å²) in [6, 6.07) is 14.0. The van der Waals surface area contributed by atoms with Crippen LogP contribution in [0.4, 0.5) is 4.79 Å². The molecule has 2 amide bonds. The van der Waals surface area contributed by atoms with Crippen LogP contribution in [0.25, 0.3) is 0 Å². The van der Waals surface area contributed by atoms with Gasteiger partial charge < -0.3 is 19.7 Å². The molecule has 2 aromatic rings. The van der Waals surface area contributed by atoms with Crippen LogP contribution in [0.5, 0.6) is 5.75 Å². The Hall–Kier alpha value is -2.73. The molecule has 0 fully saturated rings. The van der Waals surface area contributed by atoms with Crippen molar-refractivity contribution in [3.8, 4) is 5.75 Å². The number of likely N-dealkylation sites (N-methyl/N-ethyl adjacent to an activating group) is 1. The summed E-state index contributed by atoms with van der Waals surface area (Å²) in [6.45, 7) is 5.61. The highest BCUT2D eigenvalue weighted by molar-refractivity contribution is 6.30. The van der Waals surface area contributed by atoms with Gasteiger partial charge in [0.05, 0.1) is 7.11 Å². The van der Waals surface area contributed by atoms with E-state index in [-0.39, 0.29) is 12.5 Å². The van der Waals surface area contributed by atoms with E-state index in [1.54, 1.807) is 58.0 Å². The first-order chi connectivity index (χ1) is 14.1. The summed E-state index contributed by atoms with van der Waals surface area (Å²) >= 11 is 6.10. The van der Waals surface area contributed by atoms with Crippen LogP contribution in [0.2, 0.25) is 5.02 Å². The van der Waals surface area contributed by atoms with Crippen molar-refractivity contribution in [3.63, 3.8) is 0 Å². The predicted molar refractivity (Wildman–Crippen MR) is 118 cm³/mol. The Morgan fingerprint density at radius 3 is 2.40 bits per heavy atom. The second-order valence-electron chi connectivity index (χ2n) is 8.04. The number of nitrogens with one attached hydrogen (secondary N) is 1. The third-order valence-corrected chi connectivity index (χ3v) is 4.53. The molecule has 0 aliphatic rings. The Morgan fingerprint density at radius 1 is 1.13 bits per heavy atom. The molecule has 162 valence electrons. The molecule has 0 bridgehead atoms. The van der Waals surface area contributed by atoms with E-state index in [1.807, 2.05) is 30.3 Å². The Bertz CT molecular complexity index is 865. The average molecular weight is 433 g/mol. The molecule has 1 N–H and O–H groups in total. The monoisotopic (exact) mass is 432 g/mol. The predicted octanol–water partition coefficient (Wildman–Crippen LogP) is 4.44. The fourth-order valence-electron chi connectivity index (χ4n) is 2.97. The summed E-state index contributed by atoms with van der Waals surface area (Å²) in [6.07, 6.45) is -0.291. The third kappa shape index (κ3) is 7.26. The Labute approximate surface area is 183 Å². The van der Waals surface area contributed by atoms with Crippen LogP contribution >= 0.6 is 11.6 Å². The van der Waals surface area contributed by atoms with Crippen LogP contribution in [-0.2, 0) is 22.5 Å². The molecular weight excluding hydrogens is 404 g/mol. The van der Waals surface area contributed by atoms with Gasteiger partial charge >= 0.3 is 6.09 Å². The lowest BCUT2D eigenvalue weighted by Gasteiger charge is -2.27. The van der Waals surface area contributed by atoms with E-state index in [9.17, 15) is 9.59 Å². The van der Waals surface area contributed by atoms with Crippen molar-refractivity contribution in [2.45, 2.75) is 45.4 Å². The highest BCUT2D eigenvalue weighted by Gasteiger charge is 2.27. The molecule has 2 rings (SSSR count). The van der Waals surface area contributed by atoms with E-state index >= 15 is 0 Å². The molecule has 0 saturated heterocycles. The van der Waals surface area contributed by atoms with Gasteiger partial charge in [-0.15, -0.1) is 0 Å². The maximum atomic E-state index is 13.2. The number of hydrogen-bond donors (Lipinski definition) is 1. The maximum Gasteiger partial charge on any atom is 0.408 e. The zero-order valence-corrected chi connectivity index (χ0v) is 18.8. The lowest BCUT2D eigenvalue weighted by Crippen LogP contribution is -2.49. The second-order valence-corrected chi connectivity index (χ2v) is 8.48. The normalized spacial score (nSPS) is 12.1. The second kappa shape index (κ2) is 10.3. The summed E-state index contributed by atoms with van der Waals surface area (Å²) < 4.78 is 10.7. The topological polar surface area (TPSA) is 67.9 Å². The molecule has 0 radical (unpaired) electrons. The standard InChI is InChI=1S/C23H29ClN2O4/c1-23(2,3)30-22(28)25-19(13-16-9-7-6-8-10-16)21(27)26(4)15-17-14-18(24)11-12-20(17)29-5/h6-12,14,19H,13,15H2,1-5H3,(H,25,28). The highest BCUT2D eigenvalue weighted by atomic mass is 35.5. The number of hydrogen-bond acceptors (Lipinski definition) is 4. The maximum absolute atomic E-state index is 13.2. The summed E-state index contributed by atoms with van der Waals surface area (Å²) in [7, 11) is 3.24. The molecule has 0 heterocycles. The Kier molecular flexibility index (Phi) is 8.12. The molecule has 0 saturated carbocycles. The number of methoxy groups -OCH3 is 1. The molecule has 7 heteroatoms. The molecule has 30 heavy (non-hydrogen) atoms. The summed E-state index contributed by atoms with van der Waals surface area (Å²) in [5.41, 5.74) is 1.04. The van der Waals surface area contributed by atoms with E-state index in [1.165, 1.54) is 0 Å². The van der Waals surface area contributed by atoms with Gasteiger partial charge in [-0.1, -0.05) is 41.9 Å². The van der Waals surface area contributed by atoms with Gasteiger partial charge in [0.1, 0.15) is 17.4 Å². The number of amides is 2. The molecule has 6 nitrogen and oxygen atoms in total. The lowest BCUT2D eigenvalue weighted by atomic mass is 10.0. The van der Waals surface area contributed by atoms with Crippen molar-refractivity contribution >= 4 is 23.6 Å². The molecule has 0 aromatic heterocycles. The summed E-state index contributed by atoms with van der Waals surface area (Å²) in [5.74, 6) is 0.394. The van der Waals surface area contributed by atoms with E-state index in [4.69, 9.17) is 21.1 Å². The minimum absolute atomic E-state index is 0.244. The number of nitrogens with zero attached hydrogens (tertiary/aromatic N) is 1. The van der Waals surface area contributed by atoms with Crippen molar-refractivity contribution < 1.29 is 19.1 Å². The fourth-order valence-corrected chi connectivity index (χ4v) is 3.16.